The molecule has 1 aromatic carbocycles. The minimum Gasteiger partial charge on any atom is -0.449 e. The summed E-state index contributed by atoms with van der Waals surface area (Å²) in [5, 5.41) is 10.9. The normalized spacial score (nSPS) is 12.1. The summed E-state index contributed by atoms with van der Waals surface area (Å²) in [4.78, 5) is 23.5. The maximum absolute atomic E-state index is 12.0. The van der Waals surface area contributed by atoms with Crippen LogP contribution in [0.1, 0.15) is 43.6 Å². The number of hydrogen-bond acceptors (Lipinski definition) is 4. The van der Waals surface area contributed by atoms with Gasteiger partial charge in [-0.05, 0) is 30.0 Å². The second-order valence-electron chi connectivity index (χ2n) is 5.79. The topological polar surface area (TPSA) is 79.2 Å². The lowest BCUT2D eigenvalue weighted by Crippen LogP contribution is -2.39. The number of carbonyl (C=O) groups excluding carboxylic acids is 2. The monoisotopic (exact) mass is 288 g/mol. The molecule has 5 heteroatoms. The Bertz CT molecular complexity index is 550. The first-order chi connectivity index (χ1) is 9.75. The van der Waals surface area contributed by atoms with E-state index >= 15 is 0 Å². The maximum Gasteiger partial charge on any atom is 0.329 e. The minimum absolute atomic E-state index is 0.0173. The van der Waals surface area contributed by atoms with Crippen LogP contribution in [0.2, 0.25) is 0 Å². The summed E-state index contributed by atoms with van der Waals surface area (Å²) in [6.07, 6.45) is 0. The molecule has 1 N–H and O–H groups in total. The zero-order chi connectivity index (χ0) is 16.0. The highest BCUT2D eigenvalue weighted by Gasteiger charge is 2.19. The molecule has 0 saturated heterocycles. The minimum atomic E-state index is -0.798. The van der Waals surface area contributed by atoms with Crippen LogP contribution in [0, 0.1) is 11.3 Å². The first-order valence-corrected chi connectivity index (χ1v) is 6.70. The molecular formula is C16H20N2O3. The van der Waals surface area contributed by atoms with Crippen LogP contribution < -0.4 is 5.32 Å². The van der Waals surface area contributed by atoms with Crippen molar-refractivity contribution in [2.75, 3.05) is 6.61 Å². The molecular weight excluding hydrogens is 268 g/mol. The van der Waals surface area contributed by atoms with Gasteiger partial charge in [0.25, 0.3) is 5.91 Å². The Morgan fingerprint density at radius 2 is 1.86 bits per heavy atom. The van der Waals surface area contributed by atoms with E-state index in [4.69, 9.17) is 5.26 Å². The van der Waals surface area contributed by atoms with Gasteiger partial charge in [-0.2, -0.15) is 5.26 Å². The molecule has 0 aliphatic rings. The van der Waals surface area contributed by atoms with E-state index < -0.39 is 12.0 Å². The summed E-state index contributed by atoms with van der Waals surface area (Å²) in [5.74, 6) is -0.979. The fourth-order valence-corrected chi connectivity index (χ4v) is 1.69. The van der Waals surface area contributed by atoms with E-state index in [1.807, 2.05) is 12.1 Å². The van der Waals surface area contributed by atoms with Gasteiger partial charge in [0, 0.05) is 5.56 Å². The van der Waals surface area contributed by atoms with Crippen LogP contribution in [0.25, 0.3) is 0 Å². The Morgan fingerprint density at radius 3 is 2.33 bits per heavy atom. The molecule has 0 aromatic heterocycles. The van der Waals surface area contributed by atoms with Crippen LogP contribution in [0.5, 0.6) is 0 Å². The van der Waals surface area contributed by atoms with Crippen molar-refractivity contribution in [3.05, 3.63) is 35.4 Å². The summed E-state index contributed by atoms with van der Waals surface area (Å²) in [6.45, 7) is 7.47. The van der Waals surface area contributed by atoms with Crippen LogP contribution in [-0.4, -0.2) is 24.5 Å². The quantitative estimate of drug-likeness (QED) is 0.861. The highest BCUT2D eigenvalue weighted by atomic mass is 16.5. The highest BCUT2D eigenvalue weighted by molar-refractivity contribution is 5.96. The average molecular weight is 288 g/mol. The molecule has 0 saturated carbocycles. The molecule has 0 aliphatic heterocycles. The molecule has 1 atom stereocenters. The summed E-state index contributed by atoms with van der Waals surface area (Å²) in [5.41, 5.74) is 1.62. The van der Waals surface area contributed by atoms with Gasteiger partial charge in [0.1, 0.15) is 12.1 Å². The Hall–Kier alpha value is -2.35. The van der Waals surface area contributed by atoms with Crippen molar-refractivity contribution in [2.45, 2.75) is 39.2 Å². The summed E-state index contributed by atoms with van der Waals surface area (Å²) >= 11 is 0. The van der Waals surface area contributed by atoms with E-state index in [0.29, 0.717) is 5.56 Å². The Labute approximate surface area is 124 Å². The zero-order valence-corrected chi connectivity index (χ0v) is 12.8. The standard InChI is InChI=1S/C16H20N2O3/c1-11(15(20)21-10-9-17)18-14(19)12-5-7-13(8-6-12)16(2,3)4/h5-8,11H,10H2,1-4H3,(H,18,19)/t11-/m0/s1. The summed E-state index contributed by atoms with van der Waals surface area (Å²) in [6, 6.07) is 8.15. The molecule has 112 valence electrons. The number of benzene rings is 1. The van der Waals surface area contributed by atoms with Crippen molar-refractivity contribution < 1.29 is 14.3 Å². The molecule has 0 fully saturated rings. The summed E-state index contributed by atoms with van der Waals surface area (Å²) in [7, 11) is 0. The van der Waals surface area contributed by atoms with Gasteiger partial charge in [-0.25, -0.2) is 4.79 Å². The van der Waals surface area contributed by atoms with Crippen molar-refractivity contribution in [1.29, 1.82) is 5.26 Å². The Morgan fingerprint density at radius 1 is 1.29 bits per heavy atom. The number of amides is 1. The zero-order valence-electron chi connectivity index (χ0n) is 12.8. The van der Waals surface area contributed by atoms with Crippen LogP contribution in [0.4, 0.5) is 0 Å². The predicted octanol–water partition coefficient (Wildman–Crippen LogP) is 2.17. The molecule has 5 nitrogen and oxygen atoms in total. The van der Waals surface area contributed by atoms with Crippen molar-refractivity contribution in [3.63, 3.8) is 0 Å². The molecule has 1 amide bonds. The first kappa shape index (κ1) is 16.7. The van der Waals surface area contributed by atoms with Gasteiger partial charge in [0.05, 0.1) is 0 Å². The van der Waals surface area contributed by atoms with E-state index in [-0.39, 0.29) is 17.9 Å². The van der Waals surface area contributed by atoms with Crippen LogP contribution >= 0.6 is 0 Å². The fourth-order valence-electron chi connectivity index (χ4n) is 1.69. The Balaban J connectivity index is 2.68. The van der Waals surface area contributed by atoms with E-state index in [9.17, 15) is 9.59 Å². The number of rotatable bonds is 4. The Kier molecular flexibility index (Phi) is 5.48. The van der Waals surface area contributed by atoms with E-state index in [2.05, 4.69) is 30.8 Å². The smallest absolute Gasteiger partial charge is 0.329 e. The molecule has 0 unspecified atom stereocenters. The molecule has 0 radical (unpaired) electrons. The lowest BCUT2D eigenvalue weighted by atomic mass is 9.86. The lowest BCUT2D eigenvalue weighted by Gasteiger charge is -2.19. The second kappa shape index (κ2) is 6.89. The van der Waals surface area contributed by atoms with Crippen LogP contribution in [-0.2, 0) is 14.9 Å². The largest absolute Gasteiger partial charge is 0.449 e. The number of nitriles is 1. The fraction of sp³-hybridized carbons (Fsp3) is 0.438. The number of carbonyl (C=O) groups is 2. The lowest BCUT2D eigenvalue weighted by molar-refractivity contribution is -0.144. The van der Waals surface area contributed by atoms with Gasteiger partial charge in [-0.1, -0.05) is 32.9 Å². The SMILES string of the molecule is C[C@H](NC(=O)c1ccc(C(C)(C)C)cc1)C(=O)OCC#N. The number of hydrogen-bond donors (Lipinski definition) is 1. The molecule has 0 bridgehead atoms. The van der Waals surface area contributed by atoms with Crippen LogP contribution in [0.15, 0.2) is 24.3 Å². The average Bonchev–Trinajstić information content (AvgIpc) is 2.43. The molecule has 0 spiro atoms. The second-order valence-corrected chi connectivity index (χ2v) is 5.79. The van der Waals surface area contributed by atoms with Gasteiger partial charge >= 0.3 is 5.97 Å². The maximum atomic E-state index is 12.0. The van der Waals surface area contributed by atoms with Crippen molar-refractivity contribution in [1.82, 2.24) is 5.32 Å². The molecule has 1 aromatic rings. The van der Waals surface area contributed by atoms with Crippen molar-refractivity contribution in [3.8, 4) is 6.07 Å². The van der Waals surface area contributed by atoms with E-state index in [1.165, 1.54) is 6.92 Å². The van der Waals surface area contributed by atoms with E-state index in [0.717, 1.165) is 5.56 Å². The highest BCUT2D eigenvalue weighted by Crippen LogP contribution is 2.22. The van der Waals surface area contributed by atoms with E-state index in [1.54, 1.807) is 18.2 Å². The number of ether oxygens (including phenoxy) is 1. The number of nitrogens with zero attached hydrogens (tertiary/aromatic N) is 1. The predicted molar refractivity (Wildman–Crippen MR) is 78.6 cm³/mol. The number of esters is 1. The van der Waals surface area contributed by atoms with Crippen LogP contribution in [0.3, 0.4) is 0 Å². The molecule has 0 aliphatic carbocycles. The van der Waals surface area contributed by atoms with Crippen molar-refractivity contribution in [2.24, 2.45) is 0 Å². The third-order valence-electron chi connectivity index (χ3n) is 2.99. The third kappa shape index (κ3) is 4.92. The van der Waals surface area contributed by atoms with Gasteiger partial charge in [-0.3, -0.25) is 4.79 Å². The molecule has 1 rings (SSSR count). The van der Waals surface area contributed by atoms with Gasteiger partial charge in [0.2, 0.25) is 0 Å². The molecule has 21 heavy (non-hydrogen) atoms. The number of nitrogens with one attached hydrogen (secondary N) is 1. The first-order valence-electron chi connectivity index (χ1n) is 6.70. The molecule has 0 heterocycles. The van der Waals surface area contributed by atoms with Gasteiger partial charge in [-0.15, -0.1) is 0 Å². The van der Waals surface area contributed by atoms with Crippen molar-refractivity contribution >= 4 is 11.9 Å². The van der Waals surface area contributed by atoms with Gasteiger partial charge in [0.15, 0.2) is 6.61 Å². The summed E-state index contributed by atoms with van der Waals surface area (Å²) < 4.78 is 4.64. The van der Waals surface area contributed by atoms with Gasteiger partial charge < -0.3 is 10.1 Å². The third-order valence-corrected chi connectivity index (χ3v) is 2.99.